The van der Waals surface area contributed by atoms with Crippen LogP contribution in [0.5, 0.6) is 5.75 Å². The van der Waals surface area contributed by atoms with E-state index in [0.717, 1.165) is 12.1 Å². The number of benzene rings is 1. The molecule has 112 valence electrons. The number of carbonyl (C=O) groups is 1. The fraction of sp³-hybridized carbons (Fsp3) is 0.0833. The second kappa shape index (κ2) is 5.34. The van der Waals surface area contributed by atoms with Crippen molar-refractivity contribution in [2.24, 2.45) is 0 Å². The van der Waals surface area contributed by atoms with Crippen molar-refractivity contribution in [1.29, 1.82) is 0 Å². The molecule has 0 spiro atoms. The molecule has 0 bridgehead atoms. The Morgan fingerprint density at radius 2 is 2.00 bits per heavy atom. The Morgan fingerprint density at radius 3 is 2.52 bits per heavy atom. The zero-order valence-electron chi connectivity index (χ0n) is 10.6. The van der Waals surface area contributed by atoms with E-state index in [1.807, 2.05) is 0 Å². The van der Waals surface area contributed by atoms with Crippen LogP contribution in [0.1, 0.15) is 15.2 Å². The average Bonchev–Trinajstić information content (AvgIpc) is 2.77. The van der Waals surface area contributed by atoms with Gasteiger partial charge in [-0.05, 0) is 30.7 Å². The van der Waals surface area contributed by atoms with E-state index in [-0.39, 0.29) is 14.8 Å². The van der Waals surface area contributed by atoms with Crippen LogP contribution in [0.2, 0.25) is 0 Å². The van der Waals surface area contributed by atoms with Crippen molar-refractivity contribution in [3.8, 4) is 5.75 Å². The summed E-state index contributed by atoms with van der Waals surface area (Å²) in [5.74, 6) is -2.78. The number of hydrogen-bond acceptors (Lipinski definition) is 5. The lowest BCUT2D eigenvalue weighted by Crippen LogP contribution is -2.11. The first kappa shape index (κ1) is 15.3. The SMILES string of the molecule is Cc1cc(S(=O)(=O)Nc2ccc(O)c(F)c2)sc1C(=O)O. The van der Waals surface area contributed by atoms with Gasteiger partial charge in [0.2, 0.25) is 0 Å². The maximum atomic E-state index is 13.2. The quantitative estimate of drug-likeness (QED) is 0.746. The summed E-state index contributed by atoms with van der Waals surface area (Å²) in [6, 6.07) is 4.25. The Kier molecular flexibility index (Phi) is 3.88. The molecular formula is C12H10FNO5S2. The van der Waals surface area contributed by atoms with E-state index in [0.29, 0.717) is 16.9 Å². The molecule has 2 rings (SSSR count). The lowest BCUT2D eigenvalue weighted by molar-refractivity contribution is 0.0701. The van der Waals surface area contributed by atoms with Gasteiger partial charge in [-0.25, -0.2) is 17.6 Å². The number of carboxylic acid groups (broad SMARTS) is 1. The van der Waals surface area contributed by atoms with Gasteiger partial charge < -0.3 is 10.2 Å². The predicted octanol–water partition coefficient (Wildman–Crippen LogP) is 2.40. The first-order valence-corrected chi connectivity index (χ1v) is 7.86. The molecule has 21 heavy (non-hydrogen) atoms. The van der Waals surface area contributed by atoms with E-state index in [1.54, 1.807) is 0 Å². The maximum Gasteiger partial charge on any atom is 0.346 e. The smallest absolute Gasteiger partial charge is 0.346 e. The molecule has 0 saturated heterocycles. The summed E-state index contributed by atoms with van der Waals surface area (Å²) in [6.07, 6.45) is 0. The highest BCUT2D eigenvalue weighted by atomic mass is 32.2. The normalized spacial score (nSPS) is 11.3. The van der Waals surface area contributed by atoms with Crippen molar-refractivity contribution >= 4 is 33.0 Å². The highest BCUT2D eigenvalue weighted by Crippen LogP contribution is 2.28. The summed E-state index contributed by atoms with van der Waals surface area (Å²) >= 11 is 0.608. The van der Waals surface area contributed by atoms with Gasteiger partial charge in [-0.3, -0.25) is 4.72 Å². The molecule has 0 amide bonds. The van der Waals surface area contributed by atoms with Crippen molar-refractivity contribution in [2.75, 3.05) is 4.72 Å². The van der Waals surface area contributed by atoms with Crippen LogP contribution in [0.25, 0.3) is 0 Å². The number of carboxylic acids is 1. The number of phenolic OH excluding ortho intramolecular Hbond substituents is 1. The van der Waals surface area contributed by atoms with Gasteiger partial charge in [0.25, 0.3) is 10.0 Å². The number of anilines is 1. The van der Waals surface area contributed by atoms with Crippen LogP contribution >= 0.6 is 11.3 Å². The Hall–Kier alpha value is -2.13. The highest BCUT2D eigenvalue weighted by Gasteiger charge is 2.22. The van der Waals surface area contributed by atoms with E-state index in [9.17, 15) is 17.6 Å². The summed E-state index contributed by atoms with van der Waals surface area (Å²) in [4.78, 5) is 10.8. The van der Waals surface area contributed by atoms with Gasteiger partial charge in [0.1, 0.15) is 9.09 Å². The van der Waals surface area contributed by atoms with Crippen molar-refractivity contribution in [1.82, 2.24) is 0 Å². The molecule has 2 aromatic rings. The molecular weight excluding hydrogens is 321 g/mol. The zero-order chi connectivity index (χ0) is 15.8. The first-order chi connectivity index (χ1) is 9.70. The largest absolute Gasteiger partial charge is 0.505 e. The number of phenols is 1. The Labute approximate surface area is 123 Å². The molecule has 0 aliphatic rings. The van der Waals surface area contributed by atoms with Gasteiger partial charge in [-0.15, -0.1) is 11.3 Å². The van der Waals surface area contributed by atoms with Crippen molar-refractivity contribution in [3.63, 3.8) is 0 Å². The third-order valence-electron chi connectivity index (χ3n) is 2.55. The van der Waals surface area contributed by atoms with Gasteiger partial charge in [-0.1, -0.05) is 0 Å². The second-order valence-corrected chi connectivity index (χ2v) is 7.12. The highest BCUT2D eigenvalue weighted by molar-refractivity contribution is 7.94. The lowest BCUT2D eigenvalue weighted by atomic mass is 10.3. The summed E-state index contributed by atoms with van der Waals surface area (Å²) in [5.41, 5.74) is 0.248. The van der Waals surface area contributed by atoms with Crippen molar-refractivity contribution in [3.05, 3.63) is 40.5 Å². The molecule has 1 aromatic carbocycles. The molecule has 0 atom stereocenters. The van der Waals surface area contributed by atoms with E-state index >= 15 is 0 Å². The Bertz CT molecular complexity index is 813. The van der Waals surface area contributed by atoms with E-state index in [2.05, 4.69) is 4.72 Å². The van der Waals surface area contributed by atoms with Gasteiger partial charge in [-0.2, -0.15) is 0 Å². The zero-order valence-corrected chi connectivity index (χ0v) is 12.3. The molecule has 0 unspecified atom stereocenters. The third kappa shape index (κ3) is 3.14. The van der Waals surface area contributed by atoms with Gasteiger partial charge in [0.05, 0.1) is 5.69 Å². The summed E-state index contributed by atoms with van der Waals surface area (Å²) in [5, 5.41) is 18.0. The lowest BCUT2D eigenvalue weighted by Gasteiger charge is -2.06. The number of rotatable bonds is 4. The number of sulfonamides is 1. The van der Waals surface area contributed by atoms with Gasteiger partial charge >= 0.3 is 5.97 Å². The number of aryl methyl sites for hydroxylation is 1. The average molecular weight is 331 g/mol. The maximum absolute atomic E-state index is 13.2. The van der Waals surface area contributed by atoms with E-state index in [1.165, 1.54) is 19.1 Å². The van der Waals surface area contributed by atoms with E-state index in [4.69, 9.17) is 10.2 Å². The minimum atomic E-state index is -4.02. The standard InChI is InChI=1S/C12H10FNO5S2/c1-6-4-10(20-11(6)12(16)17)21(18,19)14-7-2-3-9(15)8(13)5-7/h2-5,14-15H,1H3,(H,16,17). The molecule has 1 heterocycles. The van der Waals surface area contributed by atoms with Gasteiger partial charge in [0.15, 0.2) is 11.6 Å². The number of thiophene rings is 1. The first-order valence-electron chi connectivity index (χ1n) is 5.56. The molecule has 9 heteroatoms. The minimum absolute atomic E-state index is 0.0757. The van der Waals surface area contributed by atoms with Crippen molar-refractivity contribution < 1.29 is 27.8 Å². The predicted molar refractivity (Wildman–Crippen MR) is 74.9 cm³/mol. The van der Waals surface area contributed by atoms with Gasteiger partial charge in [0, 0.05) is 6.07 Å². The summed E-state index contributed by atoms with van der Waals surface area (Å²) in [7, 11) is -4.02. The molecule has 0 radical (unpaired) electrons. The number of aromatic hydroxyl groups is 1. The van der Waals surface area contributed by atoms with Crippen LogP contribution in [0.15, 0.2) is 28.5 Å². The second-order valence-electron chi connectivity index (χ2n) is 4.15. The topological polar surface area (TPSA) is 104 Å². The molecule has 6 nitrogen and oxygen atoms in total. The molecule has 0 saturated carbocycles. The van der Waals surface area contributed by atoms with E-state index < -0.39 is 27.6 Å². The van der Waals surface area contributed by atoms with Crippen LogP contribution < -0.4 is 4.72 Å². The Morgan fingerprint density at radius 1 is 1.33 bits per heavy atom. The molecule has 0 aliphatic carbocycles. The fourth-order valence-corrected chi connectivity index (χ4v) is 4.00. The van der Waals surface area contributed by atoms with Crippen molar-refractivity contribution in [2.45, 2.75) is 11.1 Å². The molecule has 0 fully saturated rings. The number of aromatic carboxylic acids is 1. The monoisotopic (exact) mass is 331 g/mol. The third-order valence-corrected chi connectivity index (χ3v) is 5.63. The van der Waals surface area contributed by atoms with Crippen LogP contribution in [0.3, 0.4) is 0 Å². The number of halogens is 1. The summed E-state index contributed by atoms with van der Waals surface area (Å²) < 4.78 is 39.3. The van der Waals surface area contributed by atoms with Crippen LogP contribution in [-0.2, 0) is 10.0 Å². The Balaban J connectivity index is 2.36. The van der Waals surface area contributed by atoms with Crippen LogP contribution in [0, 0.1) is 12.7 Å². The summed E-state index contributed by atoms with van der Waals surface area (Å²) in [6.45, 7) is 1.49. The number of hydrogen-bond donors (Lipinski definition) is 3. The van der Waals surface area contributed by atoms with Crippen LogP contribution in [0.4, 0.5) is 10.1 Å². The fourth-order valence-electron chi connectivity index (χ4n) is 1.57. The molecule has 0 aliphatic heterocycles. The minimum Gasteiger partial charge on any atom is -0.505 e. The molecule has 3 N–H and O–H groups in total. The number of nitrogens with one attached hydrogen (secondary N) is 1. The molecule has 1 aromatic heterocycles. The van der Waals surface area contributed by atoms with Crippen LogP contribution in [-0.4, -0.2) is 24.6 Å².